The van der Waals surface area contributed by atoms with Crippen molar-refractivity contribution in [3.63, 3.8) is 0 Å². The Morgan fingerprint density at radius 1 is 1.07 bits per heavy atom. The van der Waals surface area contributed by atoms with Crippen molar-refractivity contribution in [2.45, 2.75) is 6.92 Å². The van der Waals surface area contributed by atoms with Gasteiger partial charge in [0.2, 0.25) is 0 Å². The first-order chi connectivity index (χ1) is 12.8. The molecular weight excluding hydrogens is 410 g/mol. The van der Waals surface area contributed by atoms with Crippen molar-refractivity contribution < 1.29 is 14.4 Å². The fraction of sp³-hybridized carbons (Fsp3) is 0.150. The van der Waals surface area contributed by atoms with Gasteiger partial charge in [0.1, 0.15) is 5.57 Å². The molecule has 1 fully saturated rings. The molecule has 0 bridgehead atoms. The van der Waals surface area contributed by atoms with Gasteiger partial charge in [-0.1, -0.05) is 24.3 Å². The molecule has 0 spiro atoms. The monoisotopic (exact) mass is 427 g/mol. The second-order valence-electron chi connectivity index (χ2n) is 6.35. The molecule has 3 rings (SSSR count). The minimum Gasteiger partial charge on any atom is -0.377 e. The first-order valence-corrected chi connectivity index (χ1v) is 9.03. The summed E-state index contributed by atoms with van der Waals surface area (Å²) in [5.41, 5.74) is 2.75. The SMILES string of the molecule is Cc1ccccc1N1C(=O)NC(=O)C(=Cc2ccc(N(C)C)c(Br)c2)C1=O. The quantitative estimate of drug-likeness (QED) is 0.601. The number of nitrogens with zero attached hydrogens (tertiary/aromatic N) is 2. The molecule has 138 valence electrons. The first kappa shape index (κ1) is 18.8. The summed E-state index contributed by atoms with van der Waals surface area (Å²) >= 11 is 3.49. The maximum absolute atomic E-state index is 12.9. The van der Waals surface area contributed by atoms with Gasteiger partial charge in [-0.15, -0.1) is 0 Å². The summed E-state index contributed by atoms with van der Waals surface area (Å²) in [6, 6.07) is 11.8. The molecule has 0 radical (unpaired) electrons. The van der Waals surface area contributed by atoms with Crippen LogP contribution in [0.25, 0.3) is 6.08 Å². The summed E-state index contributed by atoms with van der Waals surface area (Å²) in [4.78, 5) is 40.4. The van der Waals surface area contributed by atoms with Crippen LogP contribution in [0.3, 0.4) is 0 Å². The Morgan fingerprint density at radius 3 is 2.41 bits per heavy atom. The number of aryl methyl sites for hydroxylation is 1. The van der Waals surface area contributed by atoms with Crippen molar-refractivity contribution in [1.82, 2.24) is 5.32 Å². The van der Waals surface area contributed by atoms with Gasteiger partial charge in [0, 0.05) is 18.6 Å². The van der Waals surface area contributed by atoms with Crippen molar-refractivity contribution >= 4 is 51.2 Å². The lowest BCUT2D eigenvalue weighted by Gasteiger charge is -2.27. The van der Waals surface area contributed by atoms with Crippen LogP contribution < -0.4 is 15.1 Å². The molecule has 0 saturated carbocycles. The Kier molecular flexibility index (Phi) is 5.14. The summed E-state index contributed by atoms with van der Waals surface area (Å²) in [7, 11) is 3.84. The minimum absolute atomic E-state index is 0.0950. The molecule has 1 aliphatic rings. The molecule has 7 heteroatoms. The first-order valence-electron chi connectivity index (χ1n) is 8.23. The van der Waals surface area contributed by atoms with E-state index >= 15 is 0 Å². The molecule has 2 aromatic carbocycles. The molecular formula is C20H18BrN3O3. The highest BCUT2D eigenvalue weighted by atomic mass is 79.9. The van der Waals surface area contributed by atoms with Gasteiger partial charge < -0.3 is 4.90 Å². The fourth-order valence-corrected chi connectivity index (χ4v) is 3.58. The van der Waals surface area contributed by atoms with Crippen LogP contribution >= 0.6 is 15.9 Å². The molecule has 27 heavy (non-hydrogen) atoms. The van der Waals surface area contributed by atoms with Crippen LogP contribution in [0.15, 0.2) is 52.5 Å². The minimum atomic E-state index is -0.749. The highest BCUT2D eigenvalue weighted by Gasteiger charge is 2.37. The van der Waals surface area contributed by atoms with Crippen molar-refractivity contribution in [3.8, 4) is 0 Å². The Hall–Kier alpha value is -2.93. The lowest BCUT2D eigenvalue weighted by atomic mass is 10.1. The standard InChI is InChI=1S/C20H18BrN3O3/c1-12-6-4-5-7-16(12)24-19(26)14(18(25)22-20(24)27)10-13-8-9-17(23(2)3)15(21)11-13/h4-11H,1-3H3,(H,22,25,27). The fourth-order valence-electron chi connectivity index (χ4n) is 2.83. The highest BCUT2D eigenvalue weighted by Crippen LogP contribution is 2.28. The average Bonchev–Trinajstić information content (AvgIpc) is 2.60. The lowest BCUT2D eigenvalue weighted by molar-refractivity contribution is -0.122. The van der Waals surface area contributed by atoms with Gasteiger partial charge in [-0.3, -0.25) is 14.9 Å². The van der Waals surface area contributed by atoms with Gasteiger partial charge in [0.25, 0.3) is 11.8 Å². The zero-order chi connectivity index (χ0) is 19.7. The average molecular weight is 428 g/mol. The second kappa shape index (κ2) is 7.36. The predicted molar refractivity (Wildman–Crippen MR) is 109 cm³/mol. The number of barbiturate groups is 1. The Bertz CT molecular complexity index is 982. The molecule has 6 nitrogen and oxygen atoms in total. The highest BCUT2D eigenvalue weighted by molar-refractivity contribution is 9.10. The van der Waals surface area contributed by atoms with Gasteiger partial charge in [-0.25, -0.2) is 9.69 Å². The van der Waals surface area contributed by atoms with Crippen molar-refractivity contribution in [3.05, 3.63) is 63.6 Å². The molecule has 0 aliphatic carbocycles. The number of benzene rings is 2. The van der Waals surface area contributed by atoms with Crippen LogP contribution in [-0.4, -0.2) is 31.9 Å². The Morgan fingerprint density at radius 2 is 1.78 bits per heavy atom. The number of imide groups is 2. The van der Waals surface area contributed by atoms with E-state index in [1.807, 2.05) is 43.3 Å². The van der Waals surface area contributed by atoms with Crippen molar-refractivity contribution in [2.75, 3.05) is 23.9 Å². The lowest BCUT2D eigenvalue weighted by Crippen LogP contribution is -2.54. The third-order valence-electron chi connectivity index (χ3n) is 4.22. The summed E-state index contributed by atoms with van der Waals surface area (Å²) < 4.78 is 0.831. The van der Waals surface area contributed by atoms with E-state index in [1.54, 1.807) is 25.1 Å². The normalized spacial score (nSPS) is 15.9. The summed E-state index contributed by atoms with van der Waals surface area (Å²) in [6.45, 7) is 1.80. The van der Waals surface area contributed by atoms with Gasteiger partial charge in [-0.2, -0.15) is 0 Å². The molecule has 1 N–H and O–H groups in total. The third-order valence-corrected chi connectivity index (χ3v) is 4.86. The van der Waals surface area contributed by atoms with E-state index in [1.165, 1.54) is 6.08 Å². The van der Waals surface area contributed by atoms with Crippen molar-refractivity contribution in [1.29, 1.82) is 0 Å². The predicted octanol–water partition coefficient (Wildman–Crippen LogP) is 3.49. The van der Waals surface area contributed by atoms with Crippen LogP contribution in [-0.2, 0) is 9.59 Å². The zero-order valence-electron chi connectivity index (χ0n) is 15.1. The van der Waals surface area contributed by atoms with Gasteiger partial charge in [-0.05, 0) is 58.3 Å². The number of carbonyl (C=O) groups excluding carboxylic acids is 3. The molecule has 0 atom stereocenters. The maximum atomic E-state index is 12.9. The Labute approximate surface area is 165 Å². The number of urea groups is 1. The number of anilines is 2. The van der Waals surface area contributed by atoms with Gasteiger partial charge >= 0.3 is 6.03 Å². The van der Waals surface area contributed by atoms with E-state index in [4.69, 9.17) is 0 Å². The van der Waals surface area contributed by atoms with Gasteiger partial charge in [0.05, 0.1) is 11.4 Å². The van der Waals surface area contributed by atoms with E-state index in [0.717, 1.165) is 20.6 Å². The molecule has 4 amide bonds. The number of hydrogen-bond donors (Lipinski definition) is 1. The number of hydrogen-bond acceptors (Lipinski definition) is 4. The van der Waals surface area contributed by atoms with E-state index in [0.29, 0.717) is 11.3 Å². The van der Waals surface area contributed by atoms with Crippen LogP contribution in [0.1, 0.15) is 11.1 Å². The third kappa shape index (κ3) is 3.64. The van der Waals surface area contributed by atoms with Crippen LogP contribution in [0.5, 0.6) is 0 Å². The maximum Gasteiger partial charge on any atom is 0.335 e. The molecule has 1 saturated heterocycles. The van der Waals surface area contributed by atoms with Crippen LogP contribution in [0.4, 0.5) is 16.2 Å². The Balaban J connectivity index is 2.02. The van der Waals surface area contributed by atoms with E-state index in [9.17, 15) is 14.4 Å². The number of nitrogens with one attached hydrogen (secondary N) is 1. The zero-order valence-corrected chi connectivity index (χ0v) is 16.7. The number of carbonyl (C=O) groups is 3. The van der Waals surface area contributed by atoms with Gasteiger partial charge in [0.15, 0.2) is 0 Å². The number of amides is 4. The molecule has 1 heterocycles. The van der Waals surface area contributed by atoms with Crippen molar-refractivity contribution in [2.24, 2.45) is 0 Å². The molecule has 2 aromatic rings. The molecule has 0 aromatic heterocycles. The molecule has 0 unspecified atom stereocenters. The summed E-state index contributed by atoms with van der Waals surface area (Å²) in [5, 5.41) is 2.24. The summed E-state index contributed by atoms with van der Waals surface area (Å²) in [6.07, 6.45) is 1.49. The number of rotatable bonds is 3. The number of para-hydroxylation sites is 1. The van der Waals surface area contributed by atoms with E-state index in [2.05, 4.69) is 21.2 Å². The molecule has 1 aliphatic heterocycles. The largest absolute Gasteiger partial charge is 0.377 e. The van der Waals surface area contributed by atoms with E-state index < -0.39 is 17.8 Å². The second-order valence-corrected chi connectivity index (χ2v) is 7.20. The topological polar surface area (TPSA) is 69.7 Å². The number of halogens is 1. The van der Waals surface area contributed by atoms with Crippen LogP contribution in [0.2, 0.25) is 0 Å². The van der Waals surface area contributed by atoms with E-state index in [-0.39, 0.29) is 5.57 Å². The smallest absolute Gasteiger partial charge is 0.335 e. The summed E-state index contributed by atoms with van der Waals surface area (Å²) in [5.74, 6) is -1.35. The van der Waals surface area contributed by atoms with Crippen LogP contribution in [0, 0.1) is 6.92 Å².